The maximum atomic E-state index is 14.1. The maximum Gasteiger partial charge on any atom is 0.191 e. The van der Waals surface area contributed by atoms with E-state index in [0.29, 0.717) is 34.1 Å². The highest BCUT2D eigenvalue weighted by Crippen LogP contribution is 2.36. The lowest BCUT2D eigenvalue weighted by Gasteiger charge is -2.22. The van der Waals surface area contributed by atoms with Crippen LogP contribution in [0.4, 0.5) is 10.1 Å². The van der Waals surface area contributed by atoms with Crippen LogP contribution in [0, 0.1) is 12.7 Å². The molecule has 0 aliphatic rings. The number of fused-ring (bicyclic) bond motifs is 1. The molecule has 1 aromatic heterocycles. The highest BCUT2D eigenvalue weighted by atomic mass is 19.1. The van der Waals surface area contributed by atoms with Crippen molar-refractivity contribution < 1.29 is 33.2 Å². The van der Waals surface area contributed by atoms with Gasteiger partial charge in [-0.05, 0) is 31.2 Å². The summed E-state index contributed by atoms with van der Waals surface area (Å²) in [5.41, 5.74) is 3.09. The van der Waals surface area contributed by atoms with E-state index < -0.39 is 11.9 Å². The van der Waals surface area contributed by atoms with E-state index in [2.05, 4.69) is 10.3 Å². The van der Waals surface area contributed by atoms with Crippen molar-refractivity contribution in [2.45, 2.75) is 13.0 Å². The number of methoxy groups -OCH3 is 3. The number of rotatable bonds is 11. The van der Waals surface area contributed by atoms with Crippen LogP contribution in [0.2, 0.25) is 0 Å². The van der Waals surface area contributed by atoms with E-state index >= 15 is 0 Å². The monoisotopic (exact) mass is 508 g/mol. The van der Waals surface area contributed by atoms with E-state index in [-0.39, 0.29) is 24.7 Å². The van der Waals surface area contributed by atoms with E-state index in [1.54, 1.807) is 31.5 Å². The zero-order chi connectivity index (χ0) is 26.5. The molecule has 4 aromatic rings. The van der Waals surface area contributed by atoms with Crippen LogP contribution in [-0.2, 0) is 0 Å². The SMILES string of the molecule is COc1cc(NC(C(=O)c2c[nH]c3c(C)c(OC)ccc23)c2ccc(F)cc2OC)cc(OCCO)c1. The molecule has 0 aliphatic carbocycles. The van der Waals surface area contributed by atoms with Gasteiger partial charge in [-0.25, -0.2) is 4.39 Å². The predicted molar refractivity (Wildman–Crippen MR) is 139 cm³/mol. The Bertz CT molecular complexity index is 1420. The molecule has 3 N–H and O–H groups in total. The Labute approximate surface area is 213 Å². The van der Waals surface area contributed by atoms with Crippen LogP contribution in [0.5, 0.6) is 23.0 Å². The molecular weight excluding hydrogens is 479 g/mol. The first-order valence-electron chi connectivity index (χ1n) is 11.6. The van der Waals surface area contributed by atoms with Crippen molar-refractivity contribution in [2.24, 2.45) is 0 Å². The molecule has 194 valence electrons. The van der Waals surface area contributed by atoms with Crippen LogP contribution in [0.15, 0.2) is 54.7 Å². The summed E-state index contributed by atoms with van der Waals surface area (Å²) in [4.78, 5) is 17.3. The van der Waals surface area contributed by atoms with Gasteiger partial charge in [-0.2, -0.15) is 0 Å². The Kier molecular flexibility index (Phi) is 7.83. The van der Waals surface area contributed by atoms with Crippen LogP contribution >= 0.6 is 0 Å². The van der Waals surface area contributed by atoms with Gasteiger partial charge >= 0.3 is 0 Å². The van der Waals surface area contributed by atoms with Crippen LogP contribution < -0.4 is 24.3 Å². The van der Waals surface area contributed by atoms with Crippen molar-refractivity contribution in [2.75, 3.05) is 39.9 Å². The predicted octanol–water partition coefficient (Wildman–Crippen LogP) is 5.05. The Hall–Kier alpha value is -4.24. The van der Waals surface area contributed by atoms with Crippen molar-refractivity contribution >= 4 is 22.4 Å². The lowest BCUT2D eigenvalue weighted by molar-refractivity contribution is 0.0970. The van der Waals surface area contributed by atoms with Gasteiger partial charge in [0.05, 0.1) is 33.5 Å². The average Bonchev–Trinajstić information content (AvgIpc) is 3.35. The minimum Gasteiger partial charge on any atom is -0.497 e. The number of aromatic nitrogens is 1. The first kappa shape index (κ1) is 25.8. The lowest BCUT2D eigenvalue weighted by Crippen LogP contribution is -2.22. The van der Waals surface area contributed by atoms with Crippen LogP contribution in [-0.4, -0.2) is 50.4 Å². The molecule has 3 aromatic carbocycles. The molecule has 1 unspecified atom stereocenters. The number of ether oxygens (including phenoxy) is 4. The van der Waals surface area contributed by atoms with Gasteiger partial charge < -0.3 is 34.4 Å². The molecule has 0 radical (unpaired) electrons. The molecule has 0 spiro atoms. The zero-order valence-electron chi connectivity index (χ0n) is 21.1. The van der Waals surface area contributed by atoms with Gasteiger partial charge in [-0.15, -0.1) is 0 Å². The number of nitrogens with one attached hydrogen (secondary N) is 2. The van der Waals surface area contributed by atoms with Crippen molar-refractivity contribution in [3.05, 3.63) is 77.2 Å². The van der Waals surface area contributed by atoms with Gasteiger partial charge in [0.15, 0.2) is 5.78 Å². The summed E-state index contributed by atoms with van der Waals surface area (Å²) < 4.78 is 35.8. The molecule has 0 fully saturated rings. The van der Waals surface area contributed by atoms with Gasteiger partial charge in [-0.1, -0.05) is 0 Å². The number of aliphatic hydroxyl groups excluding tert-OH is 1. The molecule has 1 heterocycles. The van der Waals surface area contributed by atoms with Crippen molar-refractivity contribution in [1.29, 1.82) is 0 Å². The minimum atomic E-state index is -0.949. The highest BCUT2D eigenvalue weighted by Gasteiger charge is 2.28. The number of anilines is 1. The second-order valence-electron chi connectivity index (χ2n) is 8.31. The van der Waals surface area contributed by atoms with Gasteiger partial charge in [0.2, 0.25) is 0 Å². The fraction of sp³-hybridized carbons (Fsp3) is 0.250. The molecule has 9 heteroatoms. The quantitative estimate of drug-likeness (QED) is 0.244. The Morgan fingerprint density at radius 1 is 1.00 bits per heavy atom. The third-order valence-electron chi connectivity index (χ3n) is 6.11. The fourth-order valence-corrected chi connectivity index (χ4v) is 4.30. The summed E-state index contributed by atoms with van der Waals surface area (Å²) in [6, 6.07) is 11.8. The number of halogens is 1. The summed E-state index contributed by atoms with van der Waals surface area (Å²) in [6.07, 6.45) is 1.66. The molecule has 0 saturated carbocycles. The highest BCUT2D eigenvalue weighted by molar-refractivity contribution is 6.12. The van der Waals surface area contributed by atoms with Gasteiger partial charge in [-0.3, -0.25) is 4.79 Å². The molecule has 0 aliphatic heterocycles. The normalized spacial score (nSPS) is 11.7. The molecule has 8 nitrogen and oxygen atoms in total. The van der Waals surface area contributed by atoms with E-state index in [9.17, 15) is 9.18 Å². The summed E-state index contributed by atoms with van der Waals surface area (Å²) >= 11 is 0. The number of carbonyl (C=O) groups excluding carboxylic acids is 1. The molecule has 0 amide bonds. The first-order valence-corrected chi connectivity index (χ1v) is 11.6. The van der Waals surface area contributed by atoms with E-state index in [4.69, 9.17) is 24.1 Å². The second-order valence-corrected chi connectivity index (χ2v) is 8.31. The Balaban J connectivity index is 1.82. The molecule has 37 heavy (non-hydrogen) atoms. The van der Waals surface area contributed by atoms with E-state index in [1.807, 2.05) is 19.1 Å². The standard InChI is InChI=1S/C28H29FN2O6/c1-16-24(35-3)8-7-21-23(15-30-26(16)21)28(33)27(22-6-5-17(29)11-25(22)36-4)31-18-12-19(34-2)14-20(13-18)37-10-9-32/h5-8,11-15,27,30-32H,9-10H2,1-4H3. The maximum absolute atomic E-state index is 14.1. The van der Waals surface area contributed by atoms with Crippen molar-refractivity contribution in [1.82, 2.24) is 4.98 Å². The lowest BCUT2D eigenvalue weighted by atomic mass is 9.95. The molecular formula is C28H29FN2O6. The van der Waals surface area contributed by atoms with Crippen molar-refractivity contribution in [3.8, 4) is 23.0 Å². The first-order chi connectivity index (χ1) is 17.9. The summed E-state index contributed by atoms with van der Waals surface area (Å²) in [6.45, 7) is 1.85. The molecule has 4 rings (SSSR count). The summed E-state index contributed by atoms with van der Waals surface area (Å²) in [7, 11) is 4.53. The third kappa shape index (κ3) is 5.31. The fourth-order valence-electron chi connectivity index (χ4n) is 4.30. The number of hydrogen-bond donors (Lipinski definition) is 3. The van der Waals surface area contributed by atoms with Crippen LogP contribution in [0.25, 0.3) is 10.9 Å². The number of H-pyrrole nitrogens is 1. The number of aromatic amines is 1. The molecule has 0 saturated heterocycles. The Morgan fingerprint density at radius 3 is 2.46 bits per heavy atom. The van der Waals surface area contributed by atoms with Crippen LogP contribution in [0.3, 0.4) is 0 Å². The number of carbonyl (C=O) groups is 1. The topological polar surface area (TPSA) is 102 Å². The number of benzene rings is 3. The summed E-state index contributed by atoms with van der Waals surface area (Å²) in [5.74, 6) is 1.12. The third-order valence-corrected chi connectivity index (χ3v) is 6.11. The average molecular weight is 509 g/mol. The summed E-state index contributed by atoms with van der Waals surface area (Å²) in [5, 5.41) is 13.1. The van der Waals surface area contributed by atoms with Gasteiger partial charge in [0.1, 0.15) is 41.5 Å². The number of hydrogen-bond acceptors (Lipinski definition) is 7. The number of ketones is 1. The minimum absolute atomic E-state index is 0.0961. The number of Topliss-reactive ketones (excluding diaryl/α,β-unsaturated/α-hetero) is 1. The second kappa shape index (κ2) is 11.2. The molecule has 1 atom stereocenters. The number of aliphatic hydroxyl groups is 1. The van der Waals surface area contributed by atoms with Crippen molar-refractivity contribution in [3.63, 3.8) is 0 Å². The largest absolute Gasteiger partial charge is 0.497 e. The Morgan fingerprint density at radius 2 is 1.76 bits per heavy atom. The zero-order valence-corrected chi connectivity index (χ0v) is 21.1. The van der Waals surface area contributed by atoms with Gasteiger partial charge in [0, 0.05) is 58.2 Å². The van der Waals surface area contributed by atoms with Gasteiger partial charge in [0.25, 0.3) is 0 Å². The van der Waals surface area contributed by atoms with Crippen LogP contribution in [0.1, 0.15) is 27.5 Å². The smallest absolute Gasteiger partial charge is 0.191 e. The molecule has 0 bridgehead atoms. The number of aryl methyl sites for hydroxylation is 1. The van der Waals surface area contributed by atoms with E-state index in [0.717, 1.165) is 16.5 Å². The van der Waals surface area contributed by atoms with E-state index in [1.165, 1.54) is 32.4 Å².